The zero-order chi connectivity index (χ0) is 24.3. The topological polar surface area (TPSA) is 107 Å². The van der Waals surface area contributed by atoms with E-state index in [4.69, 9.17) is 16.3 Å². The number of halogens is 1. The van der Waals surface area contributed by atoms with E-state index in [0.717, 1.165) is 4.90 Å². The van der Waals surface area contributed by atoms with Crippen molar-refractivity contribution in [2.45, 2.75) is 24.5 Å². The number of hydrogen-bond acceptors (Lipinski definition) is 6. The van der Waals surface area contributed by atoms with Crippen molar-refractivity contribution in [1.29, 1.82) is 5.26 Å². The van der Waals surface area contributed by atoms with Crippen molar-refractivity contribution in [3.63, 3.8) is 0 Å². The SMILES string of the molecule is N#Cc1ccc(N2C(=O)C3C4C[C@H](CN4C(=O)COc4ccc(Cl)cc4)N3C2=O)c2cccnc12. The number of aromatic nitrogens is 1. The Hall–Kier alpha value is -4.16. The van der Waals surface area contributed by atoms with E-state index in [1.807, 2.05) is 0 Å². The Morgan fingerprint density at radius 3 is 2.74 bits per heavy atom. The van der Waals surface area contributed by atoms with Gasteiger partial charge in [-0.2, -0.15) is 5.26 Å². The fraction of sp³-hybridized carbons (Fsp3) is 0.240. The Kier molecular flexibility index (Phi) is 4.86. The van der Waals surface area contributed by atoms with Gasteiger partial charge in [-0.3, -0.25) is 14.6 Å². The third-order valence-electron chi connectivity index (χ3n) is 6.87. The van der Waals surface area contributed by atoms with Gasteiger partial charge in [-0.25, -0.2) is 9.69 Å². The van der Waals surface area contributed by atoms with Gasteiger partial charge in [0.25, 0.3) is 11.8 Å². The molecule has 3 aliphatic heterocycles. The summed E-state index contributed by atoms with van der Waals surface area (Å²) >= 11 is 5.88. The number of carbonyl (C=O) groups is 3. The summed E-state index contributed by atoms with van der Waals surface area (Å²) in [6.45, 7) is 0.182. The number of pyridine rings is 1. The summed E-state index contributed by atoms with van der Waals surface area (Å²) in [6, 6.07) is 13.6. The number of amides is 4. The Bertz CT molecular complexity index is 1440. The first-order chi connectivity index (χ1) is 17.0. The lowest BCUT2D eigenvalue weighted by molar-refractivity contribution is -0.137. The quantitative estimate of drug-likeness (QED) is 0.524. The van der Waals surface area contributed by atoms with Crippen molar-refractivity contribution in [3.8, 4) is 11.8 Å². The van der Waals surface area contributed by atoms with Gasteiger partial charge in [-0.05, 0) is 55.0 Å². The van der Waals surface area contributed by atoms with Crippen LogP contribution in [-0.2, 0) is 9.59 Å². The predicted octanol–water partition coefficient (Wildman–Crippen LogP) is 2.96. The average Bonchev–Trinajstić information content (AvgIpc) is 3.54. The first-order valence-corrected chi connectivity index (χ1v) is 11.5. The highest BCUT2D eigenvalue weighted by molar-refractivity contribution is 6.30. The van der Waals surface area contributed by atoms with Gasteiger partial charge in [0.2, 0.25) is 0 Å². The first-order valence-electron chi connectivity index (χ1n) is 11.1. The molecule has 2 bridgehead atoms. The number of nitrogens with zero attached hydrogens (tertiary/aromatic N) is 5. The van der Waals surface area contributed by atoms with E-state index in [1.165, 1.54) is 0 Å². The van der Waals surface area contributed by atoms with Crippen molar-refractivity contribution in [1.82, 2.24) is 14.8 Å². The first kappa shape index (κ1) is 21.4. The standard InChI is InChI=1S/C25H18ClN5O4/c26-15-4-6-17(7-5-15)35-13-21(32)29-12-16-10-20(29)23-24(33)31(25(34)30(16)23)19-8-3-14(11-27)22-18(19)2-1-9-28-22/h1-9,16,20,23H,10,12-13H2/t16-,20?,23?/m1/s1. The minimum absolute atomic E-state index is 0.171. The summed E-state index contributed by atoms with van der Waals surface area (Å²) < 4.78 is 5.60. The summed E-state index contributed by atoms with van der Waals surface area (Å²) in [5.74, 6) is -0.0966. The van der Waals surface area contributed by atoms with Crippen LogP contribution in [0, 0.1) is 11.3 Å². The Morgan fingerprint density at radius 2 is 1.97 bits per heavy atom. The van der Waals surface area contributed by atoms with Gasteiger partial charge in [0.1, 0.15) is 17.9 Å². The van der Waals surface area contributed by atoms with Gasteiger partial charge in [-0.15, -0.1) is 0 Å². The molecule has 9 nitrogen and oxygen atoms in total. The third kappa shape index (κ3) is 3.21. The maximum atomic E-state index is 13.6. The van der Waals surface area contributed by atoms with Crippen LogP contribution in [0.5, 0.6) is 5.75 Å². The lowest BCUT2D eigenvalue weighted by Gasteiger charge is -2.34. The van der Waals surface area contributed by atoms with E-state index in [-0.39, 0.29) is 24.5 Å². The molecule has 0 aliphatic carbocycles. The molecule has 4 amide bonds. The molecular weight excluding hydrogens is 470 g/mol. The van der Waals surface area contributed by atoms with Crippen molar-refractivity contribution in [2.24, 2.45) is 0 Å². The molecule has 3 aromatic rings. The number of carbonyl (C=O) groups excluding carboxylic acids is 3. The van der Waals surface area contributed by atoms with E-state index < -0.39 is 18.1 Å². The predicted molar refractivity (Wildman–Crippen MR) is 126 cm³/mol. The summed E-state index contributed by atoms with van der Waals surface area (Å²) in [5, 5.41) is 10.5. The number of ether oxygens (including phenoxy) is 1. The maximum absolute atomic E-state index is 13.6. The van der Waals surface area contributed by atoms with Crippen LogP contribution in [0.15, 0.2) is 54.7 Å². The molecule has 0 N–H and O–H groups in total. The van der Waals surface area contributed by atoms with Crippen LogP contribution in [-0.4, -0.2) is 63.9 Å². The number of imide groups is 1. The van der Waals surface area contributed by atoms with Crippen molar-refractivity contribution in [2.75, 3.05) is 18.1 Å². The summed E-state index contributed by atoms with van der Waals surface area (Å²) in [5.41, 5.74) is 1.18. The summed E-state index contributed by atoms with van der Waals surface area (Å²) in [6.07, 6.45) is 2.12. The molecule has 3 atom stereocenters. The van der Waals surface area contributed by atoms with Gasteiger partial charge >= 0.3 is 6.03 Å². The van der Waals surface area contributed by atoms with E-state index >= 15 is 0 Å². The number of rotatable bonds is 4. The molecule has 0 spiro atoms. The fourth-order valence-corrected chi connectivity index (χ4v) is 5.49. The normalized spacial score (nSPS) is 22.6. The number of likely N-dealkylation sites (tertiary alicyclic amines) is 1. The number of anilines is 1. The molecule has 35 heavy (non-hydrogen) atoms. The number of urea groups is 1. The van der Waals surface area contributed by atoms with E-state index in [9.17, 15) is 19.6 Å². The summed E-state index contributed by atoms with van der Waals surface area (Å²) in [7, 11) is 0. The molecular formula is C25H18ClN5O4. The molecule has 3 fully saturated rings. The lowest BCUT2D eigenvalue weighted by Crippen LogP contribution is -2.55. The minimum atomic E-state index is -0.747. The molecule has 0 saturated carbocycles. The van der Waals surface area contributed by atoms with Gasteiger partial charge in [0.05, 0.1) is 28.9 Å². The molecule has 0 radical (unpaired) electrons. The van der Waals surface area contributed by atoms with Gasteiger partial charge in [0.15, 0.2) is 6.61 Å². The highest BCUT2D eigenvalue weighted by Gasteiger charge is 2.63. The molecule has 1 aromatic heterocycles. The van der Waals surface area contributed by atoms with Gasteiger partial charge in [0, 0.05) is 23.2 Å². The van der Waals surface area contributed by atoms with Crippen LogP contribution < -0.4 is 9.64 Å². The van der Waals surface area contributed by atoms with E-state index in [0.29, 0.717) is 45.9 Å². The lowest BCUT2D eigenvalue weighted by atomic mass is 10.1. The summed E-state index contributed by atoms with van der Waals surface area (Å²) in [4.78, 5) is 48.6. The average molecular weight is 488 g/mol. The highest BCUT2D eigenvalue weighted by atomic mass is 35.5. The van der Waals surface area contributed by atoms with Crippen LogP contribution in [0.1, 0.15) is 12.0 Å². The smallest absolute Gasteiger partial charge is 0.332 e. The van der Waals surface area contributed by atoms with E-state index in [1.54, 1.807) is 64.5 Å². The Morgan fingerprint density at radius 1 is 1.17 bits per heavy atom. The number of benzene rings is 2. The zero-order valence-electron chi connectivity index (χ0n) is 18.3. The molecule has 3 aliphatic rings. The monoisotopic (exact) mass is 487 g/mol. The highest BCUT2D eigenvalue weighted by Crippen LogP contribution is 2.43. The van der Waals surface area contributed by atoms with Crippen molar-refractivity contribution in [3.05, 3.63) is 65.3 Å². The largest absolute Gasteiger partial charge is 0.484 e. The molecule has 2 unspecified atom stereocenters. The van der Waals surface area contributed by atoms with Crippen LogP contribution in [0.2, 0.25) is 5.02 Å². The molecule has 174 valence electrons. The molecule has 6 rings (SSSR count). The van der Waals surface area contributed by atoms with Crippen LogP contribution in [0.25, 0.3) is 10.9 Å². The second-order valence-electron chi connectivity index (χ2n) is 8.70. The number of nitriles is 1. The molecule has 2 aromatic carbocycles. The van der Waals surface area contributed by atoms with Crippen LogP contribution >= 0.6 is 11.6 Å². The van der Waals surface area contributed by atoms with Crippen LogP contribution in [0.3, 0.4) is 0 Å². The van der Waals surface area contributed by atoms with Crippen LogP contribution in [0.4, 0.5) is 10.5 Å². The van der Waals surface area contributed by atoms with Gasteiger partial charge in [-0.1, -0.05) is 11.6 Å². The second kappa shape index (κ2) is 7.96. The Balaban J connectivity index is 1.25. The second-order valence-corrected chi connectivity index (χ2v) is 9.13. The van der Waals surface area contributed by atoms with Gasteiger partial charge < -0.3 is 14.5 Å². The molecule has 3 saturated heterocycles. The zero-order valence-corrected chi connectivity index (χ0v) is 19.1. The number of fused-ring (bicyclic) bond motifs is 6. The van der Waals surface area contributed by atoms with Crippen molar-refractivity contribution >= 4 is 46.0 Å². The number of piperazine rings is 1. The fourth-order valence-electron chi connectivity index (χ4n) is 5.37. The minimum Gasteiger partial charge on any atom is -0.484 e. The molecule has 10 heteroatoms. The number of hydrogen-bond donors (Lipinski definition) is 0. The Labute approximate surface area is 205 Å². The van der Waals surface area contributed by atoms with Crippen molar-refractivity contribution < 1.29 is 19.1 Å². The third-order valence-corrected chi connectivity index (χ3v) is 7.12. The maximum Gasteiger partial charge on any atom is 0.332 e. The molecule has 4 heterocycles. The van der Waals surface area contributed by atoms with E-state index in [2.05, 4.69) is 11.1 Å².